The van der Waals surface area contributed by atoms with Crippen LogP contribution in [-0.4, -0.2) is 11.7 Å². The van der Waals surface area contributed by atoms with E-state index in [2.05, 4.69) is 5.32 Å². The molecule has 5 nitrogen and oxygen atoms in total. The third-order valence-corrected chi connectivity index (χ3v) is 4.91. The molecule has 0 bridgehead atoms. The molecular weight excluding hydrogens is 402 g/mol. The Balaban J connectivity index is 1.76. The van der Waals surface area contributed by atoms with Gasteiger partial charge in [-0.2, -0.15) is 0 Å². The van der Waals surface area contributed by atoms with Gasteiger partial charge in [-0.3, -0.25) is 9.59 Å². The van der Waals surface area contributed by atoms with Gasteiger partial charge in [0, 0.05) is 22.0 Å². The SMILES string of the molecule is O=C(NC(C(=O)c1ccccc1)c1ccccc1)c1cc(=O)oc2ccc(Cl)cc12. The molecule has 0 fully saturated rings. The summed E-state index contributed by atoms with van der Waals surface area (Å²) >= 11 is 6.06. The van der Waals surface area contributed by atoms with Gasteiger partial charge < -0.3 is 9.73 Å². The summed E-state index contributed by atoms with van der Waals surface area (Å²) in [6.07, 6.45) is 0. The Labute approximate surface area is 176 Å². The van der Waals surface area contributed by atoms with E-state index in [1.54, 1.807) is 60.7 Å². The van der Waals surface area contributed by atoms with Crippen molar-refractivity contribution in [1.82, 2.24) is 5.32 Å². The predicted molar refractivity (Wildman–Crippen MR) is 115 cm³/mol. The molecule has 0 aliphatic heterocycles. The lowest BCUT2D eigenvalue weighted by Crippen LogP contribution is -2.34. The van der Waals surface area contributed by atoms with Crippen LogP contribution in [0.5, 0.6) is 0 Å². The second kappa shape index (κ2) is 8.35. The zero-order chi connectivity index (χ0) is 21.1. The van der Waals surface area contributed by atoms with Crippen molar-refractivity contribution < 1.29 is 14.0 Å². The first-order valence-electron chi connectivity index (χ1n) is 9.21. The Kier molecular flexibility index (Phi) is 5.46. The Bertz CT molecular complexity index is 1280. The minimum Gasteiger partial charge on any atom is -0.423 e. The summed E-state index contributed by atoms with van der Waals surface area (Å²) in [5.41, 5.74) is 0.756. The summed E-state index contributed by atoms with van der Waals surface area (Å²) in [6, 6.07) is 22.5. The molecule has 0 aliphatic rings. The second-order valence-electron chi connectivity index (χ2n) is 6.67. The highest BCUT2D eigenvalue weighted by Gasteiger charge is 2.25. The fourth-order valence-electron chi connectivity index (χ4n) is 3.25. The molecule has 0 saturated heterocycles. The second-order valence-corrected chi connectivity index (χ2v) is 7.10. The molecule has 0 radical (unpaired) electrons. The maximum Gasteiger partial charge on any atom is 0.337 e. The van der Waals surface area contributed by atoms with Crippen LogP contribution in [0.4, 0.5) is 0 Å². The molecule has 1 heterocycles. The van der Waals surface area contributed by atoms with Crippen LogP contribution in [-0.2, 0) is 0 Å². The van der Waals surface area contributed by atoms with Crippen molar-refractivity contribution in [3.05, 3.63) is 117 Å². The van der Waals surface area contributed by atoms with E-state index in [0.29, 0.717) is 21.5 Å². The van der Waals surface area contributed by atoms with Gasteiger partial charge in [0.15, 0.2) is 5.78 Å². The van der Waals surface area contributed by atoms with E-state index in [0.717, 1.165) is 6.07 Å². The minimum atomic E-state index is -0.928. The number of Topliss-reactive ketones (excluding diaryl/α,β-unsaturated/α-hetero) is 1. The van der Waals surface area contributed by atoms with Gasteiger partial charge in [0.1, 0.15) is 11.6 Å². The lowest BCUT2D eigenvalue weighted by molar-refractivity contribution is 0.0857. The number of nitrogens with one attached hydrogen (secondary N) is 1. The molecule has 1 unspecified atom stereocenters. The maximum atomic E-state index is 13.2. The first-order chi connectivity index (χ1) is 14.5. The number of amides is 1. The van der Waals surface area contributed by atoms with Crippen molar-refractivity contribution >= 4 is 34.3 Å². The number of carbonyl (C=O) groups is 2. The van der Waals surface area contributed by atoms with Gasteiger partial charge in [-0.05, 0) is 23.8 Å². The Morgan fingerprint density at radius 2 is 1.53 bits per heavy atom. The predicted octanol–water partition coefficient (Wildman–Crippen LogP) is 4.80. The van der Waals surface area contributed by atoms with Crippen LogP contribution in [0.25, 0.3) is 11.0 Å². The van der Waals surface area contributed by atoms with E-state index in [-0.39, 0.29) is 16.9 Å². The van der Waals surface area contributed by atoms with Crippen molar-refractivity contribution in [1.29, 1.82) is 0 Å². The fourth-order valence-corrected chi connectivity index (χ4v) is 3.42. The van der Waals surface area contributed by atoms with Crippen molar-refractivity contribution in [3.8, 4) is 0 Å². The lowest BCUT2D eigenvalue weighted by atomic mass is 9.97. The summed E-state index contributed by atoms with van der Waals surface area (Å²) in [7, 11) is 0. The van der Waals surface area contributed by atoms with Crippen LogP contribution in [0.2, 0.25) is 5.02 Å². The monoisotopic (exact) mass is 417 g/mol. The molecule has 30 heavy (non-hydrogen) atoms. The van der Waals surface area contributed by atoms with Gasteiger partial charge in [-0.15, -0.1) is 0 Å². The van der Waals surface area contributed by atoms with Gasteiger partial charge in [0.05, 0.1) is 5.56 Å². The molecule has 1 atom stereocenters. The molecule has 0 saturated carbocycles. The zero-order valence-corrected chi connectivity index (χ0v) is 16.4. The minimum absolute atomic E-state index is 0.0885. The van der Waals surface area contributed by atoms with Crippen molar-refractivity contribution in [2.45, 2.75) is 6.04 Å². The average Bonchev–Trinajstić information content (AvgIpc) is 2.78. The van der Waals surface area contributed by atoms with Crippen molar-refractivity contribution in [2.75, 3.05) is 0 Å². The Hall–Kier alpha value is -3.70. The number of carbonyl (C=O) groups excluding carboxylic acids is 2. The van der Waals surface area contributed by atoms with E-state index in [1.807, 2.05) is 12.1 Å². The number of benzene rings is 3. The summed E-state index contributed by atoms with van der Waals surface area (Å²) < 4.78 is 5.15. The van der Waals surface area contributed by atoms with Gasteiger partial charge in [0.2, 0.25) is 0 Å². The molecule has 0 spiro atoms. The molecule has 1 N–H and O–H groups in total. The highest BCUT2D eigenvalue weighted by Crippen LogP contribution is 2.24. The quantitative estimate of drug-likeness (QED) is 0.374. The first-order valence-corrected chi connectivity index (χ1v) is 9.59. The van der Waals surface area contributed by atoms with Gasteiger partial charge in [-0.25, -0.2) is 4.79 Å². The summed E-state index contributed by atoms with van der Waals surface area (Å²) in [6.45, 7) is 0. The topological polar surface area (TPSA) is 76.4 Å². The lowest BCUT2D eigenvalue weighted by Gasteiger charge is -2.19. The van der Waals surface area contributed by atoms with E-state index >= 15 is 0 Å². The van der Waals surface area contributed by atoms with Gasteiger partial charge >= 0.3 is 5.63 Å². The maximum absolute atomic E-state index is 13.2. The van der Waals surface area contributed by atoms with Crippen LogP contribution < -0.4 is 10.9 Å². The molecule has 0 aliphatic carbocycles. The van der Waals surface area contributed by atoms with Crippen LogP contribution in [0.3, 0.4) is 0 Å². The molecule has 6 heteroatoms. The van der Waals surface area contributed by atoms with Crippen molar-refractivity contribution in [3.63, 3.8) is 0 Å². The van der Waals surface area contributed by atoms with Crippen LogP contribution >= 0.6 is 11.6 Å². The van der Waals surface area contributed by atoms with Crippen LogP contribution in [0.1, 0.15) is 32.3 Å². The van der Waals surface area contributed by atoms with Gasteiger partial charge in [0.25, 0.3) is 5.91 Å². The number of ketones is 1. The molecule has 148 valence electrons. The summed E-state index contributed by atoms with van der Waals surface area (Å²) in [4.78, 5) is 38.3. The summed E-state index contributed by atoms with van der Waals surface area (Å²) in [5.74, 6) is -0.839. The molecular formula is C24H16ClNO4. The van der Waals surface area contributed by atoms with E-state index in [4.69, 9.17) is 16.0 Å². The van der Waals surface area contributed by atoms with E-state index in [1.165, 1.54) is 6.07 Å². The number of hydrogen-bond donors (Lipinski definition) is 1. The van der Waals surface area contributed by atoms with Gasteiger partial charge in [-0.1, -0.05) is 72.3 Å². The Morgan fingerprint density at radius 1 is 0.867 bits per heavy atom. The van der Waals surface area contributed by atoms with E-state index < -0.39 is 17.6 Å². The Morgan fingerprint density at radius 3 is 2.23 bits per heavy atom. The smallest absolute Gasteiger partial charge is 0.337 e. The zero-order valence-electron chi connectivity index (χ0n) is 15.7. The number of hydrogen-bond acceptors (Lipinski definition) is 4. The number of halogens is 1. The highest BCUT2D eigenvalue weighted by atomic mass is 35.5. The average molecular weight is 418 g/mol. The number of fused-ring (bicyclic) bond motifs is 1. The standard InChI is InChI=1S/C24H16ClNO4/c25-17-11-12-20-18(13-17)19(14-21(27)30-20)24(29)26-22(15-7-3-1-4-8-15)23(28)16-9-5-2-6-10-16/h1-14,22H,(H,26,29). The first kappa shape index (κ1) is 19.6. The fraction of sp³-hybridized carbons (Fsp3) is 0.0417. The van der Waals surface area contributed by atoms with Crippen LogP contribution in [0.15, 0.2) is 94.1 Å². The molecule has 1 aromatic heterocycles. The summed E-state index contributed by atoms with van der Waals surface area (Å²) in [5, 5.41) is 3.56. The van der Waals surface area contributed by atoms with Crippen molar-refractivity contribution in [2.24, 2.45) is 0 Å². The third-order valence-electron chi connectivity index (χ3n) is 4.68. The molecule has 1 amide bonds. The third kappa shape index (κ3) is 4.02. The number of rotatable bonds is 5. The van der Waals surface area contributed by atoms with Crippen LogP contribution in [0, 0.1) is 0 Å². The largest absolute Gasteiger partial charge is 0.423 e. The normalized spacial score (nSPS) is 11.8. The van der Waals surface area contributed by atoms with E-state index in [9.17, 15) is 14.4 Å². The molecule has 4 aromatic rings. The molecule has 3 aromatic carbocycles. The molecule has 4 rings (SSSR count). The highest BCUT2D eigenvalue weighted by molar-refractivity contribution is 6.31.